The van der Waals surface area contributed by atoms with E-state index in [4.69, 9.17) is 21.2 Å². The smallest absolute Gasteiger partial charge is 0.285 e. The van der Waals surface area contributed by atoms with Crippen LogP contribution in [-0.2, 0) is 11.3 Å². The summed E-state index contributed by atoms with van der Waals surface area (Å²) < 4.78 is 51.4. The predicted octanol–water partition coefficient (Wildman–Crippen LogP) is 6.22. The average molecular weight is 663 g/mol. The van der Waals surface area contributed by atoms with E-state index in [1.54, 1.807) is 29.1 Å². The van der Waals surface area contributed by atoms with Crippen LogP contribution in [0.5, 0.6) is 5.75 Å². The lowest BCUT2D eigenvalue weighted by atomic mass is 10.0. The van der Waals surface area contributed by atoms with Crippen molar-refractivity contribution in [3.05, 3.63) is 146 Å². The standard InChI is InChI=1S/C34H26ClF3N4O5/c1-19-16-40(18-39-19)29-8-7-20(12-30(29)46-2)11-22-13-23(35)17-41(32(22)43)28(21-14-26(36)31(38)27(37)15-21)9-10-47-42-33(44)24-5-3-4-6-25(24)34(42)45/h3-8,12-18,28H,9-11H2,1-2H3. The summed E-state index contributed by atoms with van der Waals surface area (Å²) in [5.74, 6) is -5.40. The van der Waals surface area contributed by atoms with Gasteiger partial charge in [0.15, 0.2) is 17.5 Å². The van der Waals surface area contributed by atoms with E-state index in [1.165, 1.54) is 36.1 Å². The van der Waals surface area contributed by atoms with Crippen LogP contribution in [-0.4, -0.2) is 44.7 Å². The first-order valence-corrected chi connectivity index (χ1v) is 14.8. The minimum Gasteiger partial charge on any atom is -0.495 e. The molecule has 3 aromatic carbocycles. The number of fused-ring (bicyclic) bond motifs is 1. The number of amides is 2. The minimum absolute atomic E-state index is 0.0932. The van der Waals surface area contributed by atoms with Gasteiger partial charge in [0.1, 0.15) is 5.75 Å². The molecule has 9 nitrogen and oxygen atoms in total. The molecule has 5 aromatic rings. The molecule has 1 unspecified atom stereocenters. The normalized spacial score (nSPS) is 13.3. The molecule has 6 rings (SSSR count). The Bertz CT molecular complexity index is 2040. The Hall–Kier alpha value is -5.20. The van der Waals surface area contributed by atoms with Crippen molar-refractivity contribution >= 4 is 23.4 Å². The molecular formula is C34H26ClF3N4O5. The second-order valence-electron chi connectivity index (χ2n) is 10.9. The number of imidazole rings is 1. The van der Waals surface area contributed by atoms with Crippen molar-refractivity contribution in [2.75, 3.05) is 13.7 Å². The SMILES string of the molecule is COc1cc(Cc2cc(Cl)cn(C(CCON3C(=O)c4ccccc4C3=O)c3cc(F)c(F)c(F)c3)c2=O)ccc1-n1cnc(C)c1. The van der Waals surface area contributed by atoms with Crippen molar-refractivity contribution < 1.29 is 32.3 Å². The molecule has 2 amide bonds. The molecule has 0 radical (unpaired) electrons. The highest BCUT2D eigenvalue weighted by Crippen LogP contribution is 2.29. The van der Waals surface area contributed by atoms with E-state index < -0.39 is 40.9 Å². The molecule has 3 heterocycles. The number of carbonyl (C=O) groups excluding carboxylic acids is 2. The first-order chi connectivity index (χ1) is 22.5. The van der Waals surface area contributed by atoms with Crippen molar-refractivity contribution in [1.82, 2.24) is 19.2 Å². The van der Waals surface area contributed by atoms with Crippen LogP contribution in [0.15, 0.2) is 84.2 Å². The van der Waals surface area contributed by atoms with E-state index in [9.17, 15) is 27.6 Å². The van der Waals surface area contributed by atoms with Crippen LogP contribution < -0.4 is 10.3 Å². The maximum absolute atomic E-state index is 14.4. The van der Waals surface area contributed by atoms with E-state index in [0.717, 1.165) is 23.5 Å². The number of methoxy groups -OCH3 is 1. The number of aromatic nitrogens is 3. The number of ether oxygens (including phenoxy) is 1. The molecule has 1 aliphatic rings. The molecule has 47 heavy (non-hydrogen) atoms. The highest BCUT2D eigenvalue weighted by Gasteiger charge is 2.36. The molecule has 0 N–H and O–H groups in total. The van der Waals surface area contributed by atoms with E-state index in [-0.39, 0.29) is 46.7 Å². The molecule has 2 aromatic heterocycles. The van der Waals surface area contributed by atoms with Gasteiger partial charge in [-0.1, -0.05) is 29.8 Å². The van der Waals surface area contributed by atoms with Crippen LogP contribution >= 0.6 is 11.6 Å². The van der Waals surface area contributed by atoms with Gasteiger partial charge in [0.25, 0.3) is 17.4 Å². The third kappa shape index (κ3) is 6.17. The second kappa shape index (κ2) is 12.9. The molecule has 13 heteroatoms. The van der Waals surface area contributed by atoms with Gasteiger partial charge >= 0.3 is 0 Å². The fourth-order valence-corrected chi connectivity index (χ4v) is 5.81. The lowest BCUT2D eigenvalue weighted by Crippen LogP contribution is -2.32. The zero-order valence-corrected chi connectivity index (χ0v) is 25.8. The van der Waals surface area contributed by atoms with E-state index in [2.05, 4.69) is 4.98 Å². The summed E-state index contributed by atoms with van der Waals surface area (Å²) in [6.45, 7) is 1.53. The van der Waals surface area contributed by atoms with Crippen LogP contribution in [0.1, 0.15) is 55.6 Å². The van der Waals surface area contributed by atoms with Gasteiger partial charge < -0.3 is 13.9 Å². The maximum Gasteiger partial charge on any atom is 0.285 e. The van der Waals surface area contributed by atoms with E-state index in [1.807, 2.05) is 25.3 Å². The van der Waals surface area contributed by atoms with E-state index >= 15 is 0 Å². The minimum atomic E-state index is -1.67. The number of hydrogen-bond acceptors (Lipinski definition) is 6. The summed E-state index contributed by atoms with van der Waals surface area (Å²) in [6, 6.07) is 13.5. The topological polar surface area (TPSA) is 95.7 Å². The molecule has 240 valence electrons. The Labute approximate surface area is 271 Å². The van der Waals surface area contributed by atoms with Gasteiger partial charge in [-0.2, -0.15) is 0 Å². The molecule has 0 saturated carbocycles. The van der Waals surface area contributed by atoms with Crippen molar-refractivity contribution in [2.24, 2.45) is 0 Å². The van der Waals surface area contributed by atoms with E-state index in [0.29, 0.717) is 16.4 Å². The Morgan fingerprint density at radius 3 is 2.21 bits per heavy atom. The quantitative estimate of drug-likeness (QED) is 0.130. The molecule has 1 atom stereocenters. The van der Waals surface area contributed by atoms with Crippen LogP contribution in [0.3, 0.4) is 0 Å². The van der Waals surface area contributed by atoms with Crippen molar-refractivity contribution in [3.63, 3.8) is 0 Å². The summed E-state index contributed by atoms with van der Waals surface area (Å²) in [5, 5.41) is 0.744. The summed E-state index contributed by atoms with van der Waals surface area (Å²) in [4.78, 5) is 49.3. The number of halogens is 4. The summed E-state index contributed by atoms with van der Waals surface area (Å²) in [6.07, 6.45) is 4.74. The molecule has 1 aliphatic heterocycles. The third-order valence-corrected chi connectivity index (χ3v) is 8.01. The number of aryl methyl sites for hydroxylation is 1. The number of carbonyl (C=O) groups is 2. The number of benzene rings is 3. The Kier molecular flexibility index (Phi) is 8.71. The largest absolute Gasteiger partial charge is 0.495 e. The summed E-state index contributed by atoms with van der Waals surface area (Å²) in [5.41, 5.74) is 2.20. The molecule has 0 bridgehead atoms. The number of rotatable bonds is 10. The van der Waals surface area contributed by atoms with Crippen molar-refractivity contribution in [1.29, 1.82) is 0 Å². The number of nitrogens with zero attached hydrogens (tertiary/aromatic N) is 4. The second-order valence-corrected chi connectivity index (χ2v) is 11.3. The zero-order chi connectivity index (χ0) is 33.4. The predicted molar refractivity (Wildman–Crippen MR) is 165 cm³/mol. The first-order valence-electron chi connectivity index (χ1n) is 14.4. The Morgan fingerprint density at radius 1 is 0.915 bits per heavy atom. The summed E-state index contributed by atoms with van der Waals surface area (Å²) in [7, 11) is 1.52. The van der Waals surface area contributed by atoms with Gasteiger partial charge in [0.05, 0.1) is 53.6 Å². The zero-order valence-electron chi connectivity index (χ0n) is 25.0. The van der Waals surface area contributed by atoms with Gasteiger partial charge in [0.2, 0.25) is 0 Å². The maximum atomic E-state index is 14.4. The molecule has 0 fully saturated rings. The number of pyridine rings is 1. The molecule has 0 saturated heterocycles. The van der Waals surface area contributed by atoms with Gasteiger partial charge in [-0.15, -0.1) is 5.06 Å². The molecule has 0 spiro atoms. The van der Waals surface area contributed by atoms with Gasteiger partial charge in [-0.05, 0) is 66.9 Å². The third-order valence-electron chi connectivity index (χ3n) is 7.81. The first kappa shape index (κ1) is 31.8. The highest BCUT2D eigenvalue weighted by molar-refractivity contribution is 6.30. The molecular weight excluding hydrogens is 637 g/mol. The number of hydroxylamine groups is 2. The lowest BCUT2D eigenvalue weighted by Gasteiger charge is -2.23. The van der Waals surface area contributed by atoms with Crippen LogP contribution in [0.25, 0.3) is 5.69 Å². The number of hydrogen-bond donors (Lipinski definition) is 0. The summed E-state index contributed by atoms with van der Waals surface area (Å²) >= 11 is 6.47. The van der Waals surface area contributed by atoms with Crippen LogP contribution in [0.2, 0.25) is 5.02 Å². The Morgan fingerprint density at radius 2 is 1.60 bits per heavy atom. The highest BCUT2D eigenvalue weighted by atomic mass is 35.5. The lowest BCUT2D eigenvalue weighted by molar-refractivity contribution is -0.0936. The fourth-order valence-electron chi connectivity index (χ4n) is 5.57. The fraction of sp³-hybridized carbons (Fsp3) is 0.176. The molecule has 0 aliphatic carbocycles. The van der Waals surface area contributed by atoms with Gasteiger partial charge in [-0.25, -0.2) is 18.2 Å². The van der Waals surface area contributed by atoms with Crippen LogP contribution in [0, 0.1) is 24.4 Å². The van der Waals surface area contributed by atoms with Crippen molar-refractivity contribution in [2.45, 2.75) is 25.8 Å². The number of imide groups is 1. The Balaban J connectivity index is 1.32. The van der Waals surface area contributed by atoms with Gasteiger partial charge in [-0.3, -0.25) is 19.2 Å². The average Bonchev–Trinajstić information content (AvgIpc) is 3.59. The van der Waals surface area contributed by atoms with Gasteiger partial charge in [0, 0.05) is 24.4 Å². The monoisotopic (exact) mass is 662 g/mol. The van der Waals surface area contributed by atoms with Crippen molar-refractivity contribution in [3.8, 4) is 11.4 Å². The van der Waals surface area contributed by atoms with Crippen LogP contribution in [0.4, 0.5) is 13.2 Å².